The molecule has 3 fully saturated rings. The molecule has 1 heterocycles. The number of carbonyl (C=O) groups is 1. The van der Waals surface area contributed by atoms with Crippen LogP contribution >= 0.6 is 11.6 Å². The van der Waals surface area contributed by atoms with Gasteiger partial charge in [-0.05, 0) is 54.5 Å². The van der Waals surface area contributed by atoms with Crippen molar-refractivity contribution in [2.24, 2.45) is 16.7 Å². The average Bonchev–Trinajstić information content (AvgIpc) is 2.88. The molecule has 5 rings (SSSR count). The van der Waals surface area contributed by atoms with Gasteiger partial charge in [0.1, 0.15) is 17.9 Å². The van der Waals surface area contributed by atoms with Crippen molar-refractivity contribution in [3.8, 4) is 11.8 Å². The zero-order chi connectivity index (χ0) is 27.1. The predicted octanol–water partition coefficient (Wildman–Crippen LogP) is 5.22. The van der Waals surface area contributed by atoms with E-state index < -0.39 is 0 Å². The molecule has 0 spiro atoms. The van der Waals surface area contributed by atoms with Crippen molar-refractivity contribution in [2.75, 3.05) is 32.7 Å². The number of halogens is 1. The second-order valence-corrected chi connectivity index (χ2v) is 12.9. The highest BCUT2D eigenvalue weighted by molar-refractivity contribution is 6.31. The van der Waals surface area contributed by atoms with Gasteiger partial charge in [0.05, 0.1) is 10.6 Å². The maximum absolute atomic E-state index is 13.2. The SMILES string of the molecule is CC1(C)C(NC(=O)c2ccc(C3CC(CN4CCNCC4)C3)cc2)C(C)(C)C1Oc1ccc(C#N)c(Cl)c1. The minimum absolute atomic E-state index is 0.0484. The molecule has 2 aliphatic carbocycles. The summed E-state index contributed by atoms with van der Waals surface area (Å²) < 4.78 is 6.34. The van der Waals surface area contributed by atoms with Gasteiger partial charge in [-0.1, -0.05) is 51.4 Å². The Morgan fingerprint density at radius 1 is 1.11 bits per heavy atom. The molecule has 0 unspecified atom stereocenters. The molecule has 0 radical (unpaired) electrons. The molecule has 2 aromatic carbocycles. The number of hydrogen-bond acceptors (Lipinski definition) is 5. The van der Waals surface area contributed by atoms with E-state index in [0.29, 0.717) is 27.8 Å². The minimum atomic E-state index is -0.287. The maximum atomic E-state index is 13.2. The molecule has 38 heavy (non-hydrogen) atoms. The fraction of sp³-hybridized carbons (Fsp3) is 0.548. The molecule has 202 valence electrons. The van der Waals surface area contributed by atoms with Gasteiger partial charge in [-0.2, -0.15) is 5.26 Å². The van der Waals surface area contributed by atoms with Crippen molar-refractivity contribution in [1.29, 1.82) is 5.26 Å². The minimum Gasteiger partial charge on any atom is -0.489 e. The Balaban J connectivity index is 1.16. The number of carbonyl (C=O) groups excluding carboxylic acids is 1. The summed E-state index contributed by atoms with van der Waals surface area (Å²) in [5.74, 6) is 1.98. The number of rotatable bonds is 7. The quantitative estimate of drug-likeness (QED) is 0.509. The normalized spacial score (nSPS) is 27.9. The highest BCUT2D eigenvalue weighted by atomic mass is 35.5. The average molecular weight is 535 g/mol. The summed E-state index contributed by atoms with van der Waals surface area (Å²) >= 11 is 6.21. The fourth-order valence-electron chi connectivity index (χ4n) is 7.13. The predicted molar refractivity (Wildman–Crippen MR) is 151 cm³/mol. The summed E-state index contributed by atoms with van der Waals surface area (Å²) in [5, 5.41) is 16.2. The van der Waals surface area contributed by atoms with Crippen LogP contribution in [0.4, 0.5) is 0 Å². The highest BCUT2D eigenvalue weighted by Gasteiger charge is 2.64. The Bertz CT molecular complexity index is 1190. The number of nitriles is 1. The van der Waals surface area contributed by atoms with E-state index in [1.54, 1.807) is 18.2 Å². The number of ether oxygens (including phenoxy) is 1. The summed E-state index contributed by atoms with van der Waals surface area (Å²) in [7, 11) is 0. The highest BCUT2D eigenvalue weighted by Crippen LogP contribution is 2.55. The third kappa shape index (κ3) is 5.17. The lowest BCUT2D eigenvalue weighted by Gasteiger charge is -2.63. The van der Waals surface area contributed by atoms with Crippen molar-refractivity contribution in [1.82, 2.24) is 15.5 Å². The van der Waals surface area contributed by atoms with Crippen molar-refractivity contribution in [3.63, 3.8) is 0 Å². The van der Waals surface area contributed by atoms with Gasteiger partial charge in [0, 0.05) is 61.2 Å². The van der Waals surface area contributed by atoms with Crippen LogP contribution in [0.3, 0.4) is 0 Å². The number of nitrogens with zero attached hydrogens (tertiary/aromatic N) is 2. The van der Waals surface area contributed by atoms with Crippen LogP contribution in [0.25, 0.3) is 0 Å². The smallest absolute Gasteiger partial charge is 0.251 e. The lowest BCUT2D eigenvalue weighted by atomic mass is 9.49. The van der Waals surface area contributed by atoms with Gasteiger partial charge < -0.3 is 20.3 Å². The first-order chi connectivity index (χ1) is 18.1. The maximum Gasteiger partial charge on any atom is 0.251 e. The van der Waals surface area contributed by atoms with E-state index in [9.17, 15) is 4.79 Å². The summed E-state index contributed by atoms with van der Waals surface area (Å²) in [6, 6.07) is 15.4. The molecule has 1 amide bonds. The van der Waals surface area contributed by atoms with Gasteiger partial charge in [0.25, 0.3) is 5.91 Å². The zero-order valence-corrected chi connectivity index (χ0v) is 23.6. The molecule has 7 heteroatoms. The Morgan fingerprint density at radius 3 is 2.37 bits per heavy atom. The topological polar surface area (TPSA) is 77.4 Å². The number of benzene rings is 2. The monoisotopic (exact) mass is 534 g/mol. The van der Waals surface area contributed by atoms with Crippen molar-refractivity contribution >= 4 is 17.5 Å². The molecule has 3 aliphatic rings. The van der Waals surface area contributed by atoms with Gasteiger partial charge in [0.2, 0.25) is 0 Å². The zero-order valence-electron chi connectivity index (χ0n) is 22.9. The standard InChI is InChI=1S/C31H39ClN4O2/c1-30(2)28(31(3,4)29(30)38-25-10-9-23(18-33)26(32)17-25)35-27(37)22-7-5-21(6-8-22)24-15-20(16-24)19-36-13-11-34-12-14-36/h5-10,17,20,24,28-29,34H,11-16,19H2,1-4H3,(H,35,37). The fourth-order valence-corrected chi connectivity index (χ4v) is 7.35. The summed E-state index contributed by atoms with van der Waals surface area (Å²) in [6.07, 6.45) is 2.36. The van der Waals surface area contributed by atoms with Crippen LogP contribution in [0.5, 0.6) is 5.75 Å². The van der Waals surface area contributed by atoms with Crippen molar-refractivity contribution < 1.29 is 9.53 Å². The van der Waals surface area contributed by atoms with Crippen molar-refractivity contribution in [2.45, 2.75) is 58.6 Å². The molecule has 2 aromatic rings. The van der Waals surface area contributed by atoms with E-state index in [1.165, 1.54) is 24.9 Å². The molecule has 2 N–H and O–H groups in total. The first-order valence-electron chi connectivity index (χ1n) is 13.8. The van der Waals surface area contributed by atoms with Crippen LogP contribution in [0.15, 0.2) is 42.5 Å². The number of amides is 1. The third-order valence-corrected chi connectivity index (χ3v) is 9.35. The van der Waals surface area contributed by atoms with E-state index in [-0.39, 0.29) is 28.9 Å². The van der Waals surface area contributed by atoms with Crippen LogP contribution in [0.1, 0.15) is 67.9 Å². The number of piperazine rings is 1. The Kier molecular flexibility index (Phi) is 7.48. The lowest BCUT2D eigenvalue weighted by molar-refractivity contribution is -0.164. The second-order valence-electron chi connectivity index (χ2n) is 12.5. The van der Waals surface area contributed by atoms with E-state index in [2.05, 4.69) is 61.4 Å². The molecule has 6 nitrogen and oxygen atoms in total. The number of hydrogen-bond donors (Lipinski definition) is 2. The van der Waals surface area contributed by atoms with Gasteiger partial charge in [-0.3, -0.25) is 4.79 Å². The van der Waals surface area contributed by atoms with E-state index in [0.717, 1.165) is 32.1 Å². The summed E-state index contributed by atoms with van der Waals surface area (Å²) in [5.41, 5.74) is 1.89. The molecule has 0 atom stereocenters. The van der Waals surface area contributed by atoms with Crippen LogP contribution in [0.2, 0.25) is 5.02 Å². The molecule has 0 bridgehead atoms. The van der Waals surface area contributed by atoms with Crippen LogP contribution < -0.4 is 15.4 Å². The second kappa shape index (κ2) is 10.5. The Labute approximate surface area is 231 Å². The first-order valence-corrected chi connectivity index (χ1v) is 14.2. The van der Waals surface area contributed by atoms with Gasteiger partial charge >= 0.3 is 0 Å². The lowest BCUT2D eigenvalue weighted by Crippen LogP contribution is -2.74. The van der Waals surface area contributed by atoms with Gasteiger partial charge in [-0.15, -0.1) is 0 Å². The van der Waals surface area contributed by atoms with E-state index >= 15 is 0 Å². The Hall–Kier alpha value is -2.59. The molecule has 1 aliphatic heterocycles. The summed E-state index contributed by atoms with van der Waals surface area (Å²) in [4.78, 5) is 15.8. The molecular formula is C31H39ClN4O2. The molecular weight excluding hydrogens is 496 g/mol. The number of nitrogens with one attached hydrogen (secondary N) is 2. The van der Waals surface area contributed by atoms with Crippen LogP contribution in [-0.2, 0) is 0 Å². The molecule has 1 saturated heterocycles. The largest absolute Gasteiger partial charge is 0.489 e. The van der Waals surface area contributed by atoms with E-state index in [4.69, 9.17) is 21.6 Å². The van der Waals surface area contributed by atoms with Crippen molar-refractivity contribution in [3.05, 3.63) is 64.2 Å². The van der Waals surface area contributed by atoms with Gasteiger partial charge in [-0.25, -0.2) is 0 Å². The van der Waals surface area contributed by atoms with Gasteiger partial charge in [0.15, 0.2) is 0 Å². The molecule has 0 aromatic heterocycles. The van der Waals surface area contributed by atoms with Crippen LogP contribution in [-0.4, -0.2) is 55.7 Å². The Morgan fingerprint density at radius 2 is 1.76 bits per heavy atom. The summed E-state index contributed by atoms with van der Waals surface area (Å²) in [6.45, 7) is 14.2. The van der Waals surface area contributed by atoms with Crippen LogP contribution in [0, 0.1) is 28.1 Å². The molecule has 2 saturated carbocycles. The third-order valence-electron chi connectivity index (χ3n) is 9.04. The first kappa shape index (κ1) is 27.0. The van der Waals surface area contributed by atoms with E-state index in [1.807, 2.05) is 12.1 Å².